The van der Waals surface area contributed by atoms with Crippen LogP contribution >= 0.6 is 11.3 Å². The molecular weight excluding hydrogens is 478 g/mol. The minimum atomic E-state index is -0.767. The second kappa shape index (κ2) is 14.6. The van der Waals surface area contributed by atoms with E-state index >= 15 is 0 Å². The van der Waals surface area contributed by atoms with Crippen molar-refractivity contribution in [3.05, 3.63) is 52.0 Å². The molecule has 0 saturated carbocycles. The molecule has 0 aliphatic rings. The summed E-state index contributed by atoms with van der Waals surface area (Å²) >= 11 is 1.20. The number of carbonyl (C=O) groups is 3. The molecule has 1 aromatic carbocycles. The average Bonchev–Trinajstić information content (AvgIpc) is 3.31. The van der Waals surface area contributed by atoms with Gasteiger partial charge in [0, 0.05) is 5.38 Å². The molecule has 36 heavy (non-hydrogen) atoms. The zero-order valence-corrected chi connectivity index (χ0v) is 22.9. The summed E-state index contributed by atoms with van der Waals surface area (Å²) in [6, 6.07) is 8.18. The molecule has 2 atom stereocenters. The van der Waals surface area contributed by atoms with Crippen LogP contribution in [0.4, 0.5) is 4.79 Å². The third-order valence-electron chi connectivity index (χ3n) is 5.15. The standard InChI is InChI=1S/C27H39N3O5S/c1-17(2)12-21(23-16-36-25(29-23)26(32)34-14-19(5)6)28-24(31)22(13-18(3)4)30-27(33)35-15-20-10-8-7-9-11-20/h7-11,16-19,21-22H,12-15H2,1-6H3,(H,28,31)(H,30,33)/t21-,22-/m0/s1. The molecular formula is C27H39N3O5S. The Morgan fingerprint density at radius 1 is 0.889 bits per heavy atom. The van der Waals surface area contributed by atoms with Gasteiger partial charge in [0.25, 0.3) is 0 Å². The molecule has 2 amide bonds. The number of benzene rings is 1. The van der Waals surface area contributed by atoms with Crippen LogP contribution in [0.2, 0.25) is 0 Å². The minimum absolute atomic E-state index is 0.118. The van der Waals surface area contributed by atoms with E-state index in [9.17, 15) is 14.4 Å². The third kappa shape index (κ3) is 10.4. The SMILES string of the molecule is CC(C)COC(=O)c1nc([C@H](CC(C)C)NC(=O)[C@H](CC(C)C)NC(=O)OCc2ccccc2)cs1. The molecule has 0 fully saturated rings. The lowest BCUT2D eigenvalue weighted by atomic mass is 9.99. The van der Waals surface area contributed by atoms with Gasteiger partial charge < -0.3 is 20.1 Å². The maximum atomic E-state index is 13.3. The van der Waals surface area contributed by atoms with Gasteiger partial charge in [0.2, 0.25) is 10.9 Å². The highest BCUT2D eigenvalue weighted by molar-refractivity contribution is 7.11. The molecule has 198 valence electrons. The van der Waals surface area contributed by atoms with Crippen molar-refractivity contribution in [2.45, 2.75) is 73.1 Å². The molecule has 0 bridgehead atoms. The van der Waals surface area contributed by atoms with E-state index in [-0.39, 0.29) is 35.3 Å². The molecule has 0 saturated heterocycles. The van der Waals surface area contributed by atoms with E-state index in [1.54, 1.807) is 5.38 Å². The Kier molecular flexibility index (Phi) is 11.9. The van der Waals surface area contributed by atoms with Crippen LogP contribution in [0.5, 0.6) is 0 Å². The first-order chi connectivity index (χ1) is 17.0. The van der Waals surface area contributed by atoms with Gasteiger partial charge in [-0.05, 0) is 36.2 Å². The molecule has 9 heteroatoms. The van der Waals surface area contributed by atoms with E-state index in [0.717, 1.165) is 5.56 Å². The zero-order chi connectivity index (χ0) is 26.7. The average molecular weight is 518 g/mol. The van der Waals surface area contributed by atoms with Gasteiger partial charge in [0.1, 0.15) is 12.6 Å². The van der Waals surface area contributed by atoms with Crippen LogP contribution in [0.15, 0.2) is 35.7 Å². The molecule has 1 aromatic heterocycles. The summed E-state index contributed by atoms with van der Waals surface area (Å²) in [6.07, 6.45) is 0.428. The summed E-state index contributed by atoms with van der Waals surface area (Å²) in [6.45, 7) is 12.4. The van der Waals surface area contributed by atoms with Crippen molar-refractivity contribution in [3.63, 3.8) is 0 Å². The quantitative estimate of drug-likeness (QED) is 0.340. The van der Waals surface area contributed by atoms with E-state index in [2.05, 4.69) is 15.6 Å². The molecule has 0 unspecified atom stereocenters. The molecule has 8 nitrogen and oxygen atoms in total. The number of rotatable bonds is 13. The highest BCUT2D eigenvalue weighted by Crippen LogP contribution is 2.24. The smallest absolute Gasteiger partial charge is 0.408 e. The van der Waals surface area contributed by atoms with Gasteiger partial charge in [0.05, 0.1) is 18.3 Å². The topological polar surface area (TPSA) is 107 Å². The van der Waals surface area contributed by atoms with Crippen molar-refractivity contribution in [2.24, 2.45) is 17.8 Å². The minimum Gasteiger partial charge on any atom is -0.460 e. The van der Waals surface area contributed by atoms with Gasteiger partial charge in [-0.3, -0.25) is 4.79 Å². The molecule has 0 radical (unpaired) electrons. The van der Waals surface area contributed by atoms with Crippen LogP contribution < -0.4 is 10.6 Å². The number of amides is 2. The Morgan fingerprint density at radius 2 is 1.56 bits per heavy atom. The predicted molar refractivity (Wildman–Crippen MR) is 141 cm³/mol. The summed E-state index contributed by atoms with van der Waals surface area (Å²) < 4.78 is 10.6. The normalized spacial score (nSPS) is 12.9. The number of nitrogens with zero attached hydrogens (tertiary/aromatic N) is 1. The van der Waals surface area contributed by atoms with Gasteiger partial charge in [-0.2, -0.15) is 0 Å². The summed E-state index contributed by atoms with van der Waals surface area (Å²) in [5.41, 5.74) is 1.47. The van der Waals surface area contributed by atoms with Gasteiger partial charge >= 0.3 is 12.1 Å². The Balaban J connectivity index is 2.08. The van der Waals surface area contributed by atoms with Gasteiger partial charge in [-0.1, -0.05) is 71.9 Å². The number of hydrogen-bond donors (Lipinski definition) is 2. The van der Waals surface area contributed by atoms with Crippen molar-refractivity contribution in [3.8, 4) is 0 Å². The third-order valence-corrected chi connectivity index (χ3v) is 5.99. The van der Waals surface area contributed by atoms with Crippen molar-refractivity contribution >= 4 is 29.3 Å². The fraction of sp³-hybridized carbons (Fsp3) is 0.556. The molecule has 2 rings (SSSR count). The molecule has 0 spiro atoms. The zero-order valence-electron chi connectivity index (χ0n) is 22.1. The lowest BCUT2D eigenvalue weighted by molar-refractivity contribution is -0.124. The fourth-order valence-corrected chi connectivity index (χ4v) is 4.21. The van der Waals surface area contributed by atoms with E-state index in [0.29, 0.717) is 25.1 Å². The highest BCUT2D eigenvalue weighted by Gasteiger charge is 2.27. The fourth-order valence-electron chi connectivity index (χ4n) is 3.45. The lowest BCUT2D eigenvalue weighted by Crippen LogP contribution is -2.48. The molecule has 0 aliphatic heterocycles. The Morgan fingerprint density at radius 3 is 2.17 bits per heavy atom. The number of aromatic nitrogens is 1. The summed E-state index contributed by atoms with van der Waals surface area (Å²) in [5.74, 6) is -0.120. The lowest BCUT2D eigenvalue weighted by Gasteiger charge is -2.24. The molecule has 0 aliphatic carbocycles. The Bertz CT molecular complexity index is 975. The second-order valence-corrected chi connectivity index (χ2v) is 11.0. The van der Waals surface area contributed by atoms with E-state index in [4.69, 9.17) is 9.47 Å². The van der Waals surface area contributed by atoms with Crippen LogP contribution in [-0.4, -0.2) is 35.6 Å². The number of thiazole rings is 1. The van der Waals surface area contributed by atoms with Gasteiger partial charge in [-0.25, -0.2) is 14.6 Å². The second-order valence-electron chi connectivity index (χ2n) is 10.1. The Hall–Kier alpha value is -2.94. The largest absolute Gasteiger partial charge is 0.460 e. The van der Waals surface area contributed by atoms with E-state index in [1.807, 2.05) is 71.9 Å². The number of ether oxygens (including phenoxy) is 2. The molecule has 2 N–H and O–H groups in total. The van der Waals surface area contributed by atoms with Gasteiger partial charge in [0.15, 0.2) is 0 Å². The van der Waals surface area contributed by atoms with Crippen molar-refractivity contribution < 1.29 is 23.9 Å². The Labute approximate surface area is 218 Å². The number of carbonyl (C=O) groups excluding carboxylic acids is 3. The van der Waals surface area contributed by atoms with Crippen LogP contribution in [0, 0.1) is 17.8 Å². The number of alkyl carbamates (subject to hydrolysis) is 1. The van der Waals surface area contributed by atoms with Crippen LogP contribution in [0.1, 0.15) is 81.5 Å². The van der Waals surface area contributed by atoms with Crippen LogP contribution in [-0.2, 0) is 20.9 Å². The monoisotopic (exact) mass is 517 g/mol. The number of hydrogen-bond acceptors (Lipinski definition) is 7. The summed E-state index contributed by atoms with van der Waals surface area (Å²) in [4.78, 5) is 42.5. The van der Waals surface area contributed by atoms with Crippen molar-refractivity contribution in [1.29, 1.82) is 0 Å². The first kappa shape index (κ1) is 29.3. The maximum absolute atomic E-state index is 13.3. The number of esters is 1. The van der Waals surface area contributed by atoms with Crippen molar-refractivity contribution in [1.82, 2.24) is 15.6 Å². The molecule has 2 aromatic rings. The summed E-state index contributed by atoms with van der Waals surface area (Å²) in [5, 5.41) is 7.78. The van der Waals surface area contributed by atoms with Crippen LogP contribution in [0.25, 0.3) is 0 Å². The summed E-state index contributed by atoms with van der Waals surface area (Å²) in [7, 11) is 0. The van der Waals surface area contributed by atoms with Crippen LogP contribution in [0.3, 0.4) is 0 Å². The van der Waals surface area contributed by atoms with Crippen molar-refractivity contribution in [2.75, 3.05) is 6.61 Å². The first-order valence-corrected chi connectivity index (χ1v) is 13.3. The first-order valence-electron chi connectivity index (χ1n) is 12.4. The van der Waals surface area contributed by atoms with Gasteiger partial charge in [-0.15, -0.1) is 11.3 Å². The molecule has 1 heterocycles. The number of nitrogens with one attached hydrogen (secondary N) is 2. The predicted octanol–water partition coefficient (Wildman–Crippen LogP) is 5.50. The van der Waals surface area contributed by atoms with E-state index < -0.39 is 24.1 Å². The highest BCUT2D eigenvalue weighted by atomic mass is 32.1. The van der Waals surface area contributed by atoms with E-state index in [1.165, 1.54) is 11.3 Å². The maximum Gasteiger partial charge on any atom is 0.408 e.